The largest absolute Gasteiger partial charge is 0.324 e. The molecule has 0 bridgehead atoms. The monoisotopic (exact) mass is 383 g/mol. The molecular formula is C20H21N3OS2. The van der Waals surface area contributed by atoms with Crippen LogP contribution in [0.2, 0.25) is 0 Å². The molecule has 0 aliphatic carbocycles. The lowest BCUT2D eigenvalue weighted by Crippen LogP contribution is -2.23. The average molecular weight is 384 g/mol. The number of amides is 1. The molecule has 6 heteroatoms. The number of nitrogens with one attached hydrogen (secondary N) is 1. The van der Waals surface area contributed by atoms with Gasteiger partial charge >= 0.3 is 0 Å². The Morgan fingerprint density at radius 3 is 2.77 bits per heavy atom. The van der Waals surface area contributed by atoms with Crippen molar-refractivity contribution in [2.24, 2.45) is 0 Å². The summed E-state index contributed by atoms with van der Waals surface area (Å²) in [5, 5.41) is 3.58. The molecule has 26 heavy (non-hydrogen) atoms. The molecule has 0 fully saturated rings. The van der Waals surface area contributed by atoms with E-state index in [4.69, 9.17) is 0 Å². The van der Waals surface area contributed by atoms with E-state index in [9.17, 15) is 4.79 Å². The second kappa shape index (κ2) is 8.47. The molecule has 0 radical (unpaired) electrons. The molecule has 0 saturated heterocycles. The number of benzene rings is 2. The normalized spacial score (nSPS) is 12.1. The van der Waals surface area contributed by atoms with Gasteiger partial charge in [0.1, 0.15) is 0 Å². The molecule has 0 spiro atoms. The summed E-state index contributed by atoms with van der Waals surface area (Å²) in [6, 6.07) is 15.8. The highest BCUT2D eigenvalue weighted by Crippen LogP contribution is 2.29. The first-order valence-electron chi connectivity index (χ1n) is 8.30. The highest BCUT2D eigenvalue weighted by atomic mass is 32.2. The third-order valence-corrected chi connectivity index (χ3v) is 5.83. The highest BCUT2D eigenvalue weighted by Gasteiger charge is 2.20. The minimum atomic E-state index is -0.273. The molecule has 0 saturated carbocycles. The molecule has 3 rings (SSSR count). The Balaban J connectivity index is 1.80. The number of hydrogen-bond acceptors (Lipinski definition) is 4. The molecule has 1 heterocycles. The number of rotatable bonds is 7. The van der Waals surface area contributed by atoms with Gasteiger partial charge in [-0.25, -0.2) is 4.98 Å². The second-order valence-electron chi connectivity index (χ2n) is 5.73. The Morgan fingerprint density at radius 1 is 1.27 bits per heavy atom. The number of thioether (sulfide) groups is 2. The van der Waals surface area contributed by atoms with Crippen molar-refractivity contribution in [2.45, 2.75) is 28.8 Å². The quantitative estimate of drug-likeness (QED) is 0.457. The number of allylic oxidation sites excluding steroid dienone is 1. The summed E-state index contributed by atoms with van der Waals surface area (Å²) in [5.74, 6) is -0.0336. The minimum Gasteiger partial charge on any atom is -0.324 e. The molecule has 0 aliphatic rings. The van der Waals surface area contributed by atoms with Gasteiger partial charge in [0.05, 0.1) is 22.0 Å². The number of carbonyl (C=O) groups is 1. The lowest BCUT2D eigenvalue weighted by atomic mass is 10.3. The Morgan fingerprint density at radius 2 is 2.00 bits per heavy atom. The molecule has 1 aromatic heterocycles. The summed E-state index contributed by atoms with van der Waals surface area (Å²) in [6.07, 6.45) is 3.85. The van der Waals surface area contributed by atoms with Crippen LogP contribution in [-0.2, 0) is 11.3 Å². The molecule has 1 N–H and O–H groups in total. The summed E-state index contributed by atoms with van der Waals surface area (Å²) in [6.45, 7) is 6.39. The smallest absolute Gasteiger partial charge is 0.237 e. The van der Waals surface area contributed by atoms with Gasteiger partial charge < -0.3 is 9.88 Å². The molecule has 4 nitrogen and oxygen atoms in total. The van der Waals surface area contributed by atoms with Gasteiger partial charge in [-0.05, 0) is 37.4 Å². The first kappa shape index (κ1) is 18.6. The van der Waals surface area contributed by atoms with E-state index in [-0.39, 0.29) is 11.2 Å². The van der Waals surface area contributed by atoms with Crippen molar-refractivity contribution in [3.8, 4) is 0 Å². The Hall–Kier alpha value is -2.18. The maximum atomic E-state index is 12.7. The Kier molecular flexibility index (Phi) is 6.06. The molecule has 1 unspecified atom stereocenters. The van der Waals surface area contributed by atoms with Crippen LogP contribution in [0.3, 0.4) is 0 Å². The molecule has 1 amide bonds. The van der Waals surface area contributed by atoms with Gasteiger partial charge in [0, 0.05) is 11.4 Å². The fraction of sp³-hybridized carbons (Fsp3) is 0.200. The van der Waals surface area contributed by atoms with Gasteiger partial charge in [-0.2, -0.15) is 0 Å². The predicted molar refractivity (Wildman–Crippen MR) is 112 cm³/mol. The maximum absolute atomic E-state index is 12.7. The van der Waals surface area contributed by atoms with Gasteiger partial charge in [0.2, 0.25) is 5.91 Å². The number of anilines is 1. The zero-order chi connectivity index (χ0) is 18.5. The number of carbonyl (C=O) groups excluding carboxylic acids is 1. The number of nitrogens with zero attached hydrogens (tertiary/aromatic N) is 2. The van der Waals surface area contributed by atoms with Crippen molar-refractivity contribution in [1.29, 1.82) is 0 Å². The van der Waals surface area contributed by atoms with E-state index in [1.807, 2.05) is 67.8 Å². The second-order valence-corrected chi connectivity index (χ2v) is 7.89. The standard InChI is InChI=1S/C20H21N3OS2/c1-4-13-23-17-11-7-5-9-15(17)22-20(23)26-14(2)19(24)21-16-10-6-8-12-18(16)25-3/h4-12,14H,1,13H2,2-3H3,(H,21,24). The molecular weight excluding hydrogens is 362 g/mol. The van der Waals surface area contributed by atoms with E-state index in [2.05, 4.69) is 21.4 Å². The molecule has 0 aliphatic heterocycles. The zero-order valence-corrected chi connectivity index (χ0v) is 16.4. The summed E-state index contributed by atoms with van der Waals surface area (Å²) >= 11 is 3.08. The van der Waals surface area contributed by atoms with Crippen LogP contribution in [0.15, 0.2) is 71.2 Å². The first-order valence-corrected chi connectivity index (χ1v) is 10.4. The van der Waals surface area contributed by atoms with Gasteiger partial charge in [0.25, 0.3) is 0 Å². The summed E-state index contributed by atoms with van der Waals surface area (Å²) in [4.78, 5) is 18.4. The van der Waals surface area contributed by atoms with E-state index >= 15 is 0 Å². The van der Waals surface area contributed by atoms with Crippen molar-refractivity contribution in [2.75, 3.05) is 11.6 Å². The van der Waals surface area contributed by atoms with Gasteiger partial charge in [-0.1, -0.05) is 42.1 Å². The third-order valence-electron chi connectivity index (χ3n) is 3.95. The van der Waals surface area contributed by atoms with Crippen molar-refractivity contribution in [3.05, 3.63) is 61.2 Å². The van der Waals surface area contributed by atoms with Crippen LogP contribution in [0, 0.1) is 0 Å². The van der Waals surface area contributed by atoms with Crippen LogP contribution in [0.25, 0.3) is 11.0 Å². The number of imidazole rings is 1. The van der Waals surface area contributed by atoms with Gasteiger partial charge in [0.15, 0.2) is 5.16 Å². The van der Waals surface area contributed by atoms with E-state index < -0.39 is 0 Å². The fourth-order valence-electron chi connectivity index (χ4n) is 2.64. The number of hydrogen-bond donors (Lipinski definition) is 1. The zero-order valence-electron chi connectivity index (χ0n) is 14.8. The van der Waals surface area contributed by atoms with Crippen molar-refractivity contribution in [1.82, 2.24) is 9.55 Å². The molecule has 3 aromatic rings. The van der Waals surface area contributed by atoms with Crippen LogP contribution in [0.5, 0.6) is 0 Å². The molecule has 134 valence electrons. The van der Waals surface area contributed by atoms with Crippen LogP contribution in [-0.4, -0.2) is 27.0 Å². The van der Waals surface area contributed by atoms with Gasteiger partial charge in [-0.3, -0.25) is 4.79 Å². The molecule has 2 aromatic carbocycles. The highest BCUT2D eigenvalue weighted by molar-refractivity contribution is 8.00. The van der Waals surface area contributed by atoms with Crippen LogP contribution < -0.4 is 5.32 Å². The SMILES string of the molecule is C=CCn1c(SC(C)C(=O)Nc2ccccc2SC)nc2ccccc21. The molecule has 1 atom stereocenters. The lowest BCUT2D eigenvalue weighted by molar-refractivity contribution is -0.115. The van der Waals surface area contributed by atoms with E-state index in [0.29, 0.717) is 6.54 Å². The Bertz CT molecular complexity index is 936. The number of aromatic nitrogens is 2. The van der Waals surface area contributed by atoms with E-state index in [0.717, 1.165) is 26.8 Å². The predicted octanol–water partition coefficient (Wildman–Crippen LogP) is 5.06. The summed E-state index contributed by atoms with van der Waals surface area (Å²) in [5.41, 5.74) is 2.82. The third kappa shape index (κ3) is 3.97. The van der Waals surface area contributed by atoms with Gasteiger partial charge in [-0.15, -0.1) is 18.3 Å². The van der Waals surface area contributed by atoms with Crippen molar-refractivity contribution >= 4 is 46.2 Å². The Labute approximate surface area is 162 Å². The number of fused-ring (bicyclic) bond motifs is 1. The van der Waals surface area contributed by atoms with E-state index in [1.54, 1.807) is 11.8 Å². The van der Waals surface area contributed by atoms with Crippen molar-refractivity contribution < 1.29 is 4.79 Å². The number of para-hydroxylation sites is 3. The van der Waals surface area contributed by atoms with Crippen LogP contribution in [0.1, 0.15) is 6.92 Å². The van der Waals surface area contributed by atoms with Crippen molar-refractivity contribution in [3.63, 3.8) is 0 Å². The minimum absolute atomic E-state index is 0.0336. The van der Waals surface area contributed by atoms with Crippen LogP contribution in [0.4, 0.5) is 5.69 Å². The van der Waals surface area contributed by atoms with Crippen LogP contribution >= 0.6 is 23.5 Å². The first-order chi connectivity index (χ1) is 12.6. The summed E-state index contributed by atoms with van der Waals surface area (Å²) < 4.78 is 2.09. The fourth-order valence-corrected chi connectivity index (χ4v) is 4.13. The summed E-state index contributed by atoms with van der Waals surface area (Å²) in [7, 11) is 0. The maximum Gasteiger partial charge on any atom is 0.237 e. The lowest BCUT2D eigenvalue weighted by Gasteiger charge is -2.14. The average Bonchev–Trinajstić information content (AvgIpc) is 3.00. The topological polar surface area (TPSA) is 46.9 Å². The van der Waals surface area contributed by atoms with E-state index in [1.165, 1.54) is 11.8 Å².